The zero-order valence-corrected chi connectivity index (χ0v) is 15.3. The van der Waals surface area contributed by atoms with Crippen LogP contribution in [0, 0.1) is 6.92 Å². The fourth-order valence-corrected chi connectivity index (χ4v) is 3.07. The van der Waals surface area contributed by atoms with Crippen LogP contribution in [-0.4, -0.2) is 22.2 Å². The quantitative estimate of drug-likeness (QED) is 0.704. The minimum atomic E-state index is -0.165. The van der Waals surface area contributed by atoms with E-state index in [4.69, 9.17) is 0 Å². The molecule has 0 aliphatic carbocycles. The van der Waals surface area contributed by atoms with Gasteiger partial charge >= 0.3 is 0 Å². The van der Waals surface area contributed by atoms with E-state index < -0.39 is 0 Å². The van der Waals surface area contributed by atoms with Crippen molar-refractivity contribution >= 4 is 5.91 Å². The number of hydrogen-bond acceptors (Lipinski definition) is 3. The molecule has 2 aromatic carbocycles. The molecule has 0 aliphatic rings. The number of aromatic nitrogens is 2. The summed E-state index contributed by atoms with van der Waals surface area (Å²) in [4.78, 5) is 24.3. The molecule has 27 heavy (non-hydrogen) atoms. The monoisotopic (exact) mass is 361 g/mol. The van der Waals surface area contributed by atoms with Crippen molar-refractivity contribution in [1.82, 2.24) is 15.1 Å². The number of benzene rings is 2. The Bertz CT molecular complexity index is 897. The predicted octanol–water partition coefficient (Wildman–Crippen LogP) is 2.89. The molecule has 0 aliphatic heterocycles. The van der Waals surface area contributed by atoms with E-state index in [1.807, 2.05) is 67.6 Å². The van der Waals surface area contributed by atoms with Gasteiger partial charge in [0, 0.05) is 24.9 Å². The molecule has 0 fully saturated rings. The number of nitrogens with zero attached hydrogens (tertiary/aromatic N) is 2. The van der Waals surface area contributed by atoms with Crippen LogP contribution in [0.2, 0.25) is 0 Å². The second-order valence-electron chi connectivity index (χ2n) is 6.46. The molecule has 138 valence electrons. The van der Waals surface area contributed by atoms with Gasteiger partial charge in [-0.1, -0.05) is 60.7 Å². The number of hydrogen-bond donors (Lipinski definition) is 1. The summed E-state index contributed by atoms with van der Waals surface area (Å²) in [5.41, 5.74) is 2.82. The molecule has 0 atom stereocenters. The van der Waals surface area contributed by atoms with Crippen molar-refractivity contribution in [3.05, 3.63) is 100.0 Å². The molecule has 1 amide bonds. The van der Waals surface area contributed by atoms with Crippen LogP contribution >= 0.6 is 0 Å². The van der Waals surface area contributed by atoms with Gasteiger partial charge in [-0.25, -0.2) is 4.68 Å². The van der Waals surface area contributed by atoms with Gasteiger partial charge in [0.15, 0.2) is 0 Å². The molecule has 0 spiro atoms. The van der Waals surface area contributed by atoms with Crippen molar-refractivity contribution in [2.24, 2.45) is 0 Å². The average Bonchev–Trinajstić information content (AvgIpc) is 2.70. The minimum Gasteiger partial charge on any atom is -0.354 e. The summed E-state index contributed by atoms with van der Waals surface area (Å²) in [6, 6.07) is 23.2. The van der Waals surface area contributed by atoms with Gasteiger partial charge in [-0.3, -0.25) is 9.59 Å². The summed E-state index contributed by atoms with van der Waals surface area (Å²) >= 11 is 0. The van der Waals surface area contributed by atoms with E-state index in [2.05, 4.69) is 10.4 Å². The molecule has 0 saturated heterocycles. The fraction of sp³-hybridized carbons (Fsp3) is 0.227. The lowest BCUT2D eigenvalue weighted by Gasteiger charge is -2.18. The summed E-state index contributed by atoms with van der Waals surface area (Å²) in [5, 5.41) is 7.09. The molecule has 0 radical (unpaired) electrons. The van der Waals surface area contributed by atoms with Crippen molar-refractivity contribution in [1.29, 1.82) is 0 Å². The Morgan fingerprint density at radius 1 is 0.963 bits per heavy atom. The van der Waals surface area contributed by atoms with Gasteiger partial charge in [0.05, 0.1) is 12.2 Å². The third-order valence-corrected chi connectivity index (χ3v) is 4.44. The van der Waals surface area contributed by atoms with E-state index in [1.165, 1.54) is 10.7 Å². The van der Waals surface area contributed by atoms with Crippen molar-refractivity contribution in [2.45, 2.75) is 25.8 Å². The average molecular weight is 361 g/mol. The Balaban J connectivity index is 1.65. The molecule has 0 unspecified atom stereocenters. The first-order valence-electron chi connectivity index (χ1n) is 9.05. The second kappa shape index (κ2) is 8.94. The molecule has 3 rings (SSSR count). The van der Waals surface area contributed by atoms with E-state index >= 15 is 0 Å². The maximum atomic E-state index is 12.5. The molecule has 1 heterocycles. The number of carbonyl (C=O) groups is 1. The maximum Gasteiger partial charge on any atom is 0.266 e. The maximum absolute atomic E-state index is 12.5. The highest BCUT2D eigenvalue weighted by Crippen LogP contribution is 2.27. The highest BCUT2D eigenvalue weighted by Gasteiger charge is 2.17. The number of carbonyl (C=O) groups excluding carboxylic acids is 1. The topological polar surface area (TPSA) is 64.0 Å². The zero-order valence-electron chi connectivity index (χ0n) is 15.3. The molecule has 5 nitrogen and oxygen atoms in total. The summed E-state index contributed by atoms with van der Waals surface area (Å²) in [7, 11) is 0. The SMILES string of the molecule is Cc1ccc(=O)n(CCNC(=O)CC(c2ccccc2)c2ccccc2)n1. The number of rotatable bonds is 7. The summed E-state index contributed by atoms with van der Waals surface area (Å²) < 4.78 is 1.38. The first kappa shape index (κ1) is 18.6. The predicted molar refractivity (Wildman–Crippen MR) is 106 cm³/mol. The van der Waals surface area contributed by atoms with Gasteiger partial charge in [0.25, 0.3) is 5.56 Å². The van der Waals surface area contributed by atoms with Crippen LogP contribution < -0.4 is 10.9 Å². The molecule has 3 aromatic rings. The van der Waals surface area contributed by atoms with Crippen LogP contribution in [0.5, 0.6) is 0 Å². The summed E-state index contributed by atoms with van der Waals surface area (Å²) in [6.45, 7) is 2.55. The van der Waals surface area contributed by atoms with Crippen LogP contribution in [0.4, 0.5) is 0 Å². The molecular formula is C22H23N3O2. The highest BCUT2D eigenvalue weighted by molar-refractivity contribution is 5.77. The van der Waals surface area contributed by atoms with Crippen LogP contribution in [0.3, 0.4) is 0 Å². The van der Waals surface area contributed by atoms with Gasteiger partial charge in [0.1, 0.15) is 0 Å². The summed E-state index contributed by atoms with van der Waals surface area (Å²) in [6.07, 6.45) is 0.351. The zero-order chi connectivity index (χ0) is 19.1. The van der Waals surface area contributed by atoms with Crippen molar-refractivity contribution in [3.8, 4) is 0 Å². The normalized spacial score (nSPS) is 10.7. The van der Waals surface area contributed by atoms with E-state index in [-0.39, 0.29) is 17.4 Å². The van der Waals surface area contributed by atoms with Gasteiger partial charge < -0.3 is 5.32 Å². The lowest BCUT2D eigenvalue weighted by Crippen LogP contribution is -2.32. The lowest BCUT2D eigenvalue weighted by molar-refractivity contribution is -0.121. The van der Waals surface area contributed by atoms with Crippen molar-refractivity contribution in [3.63, 3.8) is 0 Å². The van der Waals surface area contributed by atoms with Crippen LogP contribution in [0.25, 0.3) is 0 Å². The fourth-order valence-electron chi connectivity index (χ4n) is 3.07. The summed E-state index contributed by atoms with van der Waals surface area (Å²) in [5.74, 6) is -0.0550. The standard InChI is InChI=1S/C22H23N3O2/c1-17-12-13-22(27)25(24-17)15-14-23-21(26)16-20(18-8-4-2-5-9-18)19-10-6-3-7-11-19/h2-13,20H,14-16H2,1H3,(H,23,26). The Labute approximate surface area is 158 Å². The van der Waals surface area contributed by atoms with E-state index in [0.29, 0.717) is 19.5 Å². The van der Waals surface area contributed by atoms with Crippen LogP contribution in [0.1, 0.15) is 29.2 Å². The molecular weight excluding hydrogens is 338 g/mol. The van der Waals surface area contributed by atoms with E-state index in [9.17, 15) is 9.59 Å². The smallest absolute Gasteiger partial charge is 0.266 e. The Kier molecular flexibility index (Phi) is 6.15. The molecule has 0 bridgehead atoms. The Morgan fingerprint density at radius 3 is 2.15 bits per heavy atom. The minimum absolute atomic E-state index is 0.00721. The number of aryl methyl sites for hydroxylation is 1. The largest absolute Gasteiger partial charge is 0.354 e. The van der Waals surface area contributed by atoms with Crippen molar-refractivity contribution < 1.29 is 4.79 Å². The van der Waals surface area contributed by atoms with E-state index in [0.717, 1.165) is 16.8 Å². The Hall–Kier alpha value is -3.21. The van der Waals surface area contributed by atoms with Crippen LogP contribution in [0.15, 0.2) is 77.6 Å². The number of amides is 1. The van der Waals surface area contributed by atoms with Crippen molar-refractivity contribution in [2.75, 3.05) is 6.54 Å². The van der Waals surface area contributed by atoms with E-state index in [1.54, 1.807) is 6.07 Å². The third kappa shape index (κ3) is 5.14. The molecule has 1 N–H and O–H groups in total. The van der Waals surface area contributed by atoms with Gasteiger partial charge in [0.2, 0.25) is 5.91 Å². The van der Waals surface area contributed by atoms with Gasteiger partial charge in [-0.05, 0) is 24.1 Å². The van der Waals surface area contributed by atoms with Gasteiger partial charge in [-0.15, -0.1) is 0 Å². The van der Waals surface area contributed by atoms with Crippen LogP contribution in [-0.2, 0) is 11.3 Å². The lowest BCUT2D eigenvalue weighted by atomic mass is 9.88. The molecule has 0 saturated carbocycles. The van der Waals surface area contributed by atoms with Gasteiger partial charge in [-0.2, -0.15) is 5.10 Å². The number of nitrogens with one attached hydrogen (secondary N) is 1. The first-order chi connectivity index (χ1) is 13.1. The second-order valence-corrected chi connectivity index (χ2v) is 6.46. The highest BCUT2D eigenvalue weighted by atomic mass is 16.1. The first-order valence-corrected chi connectivity index (χ1v) is 9.05. The molecule has 1 aromatic heterocycles. The Morgan fingerprint density at radius 2 is 1.56 bits per heavy atom. The third-order valence-electron chi connectivity index (χ3n) is 4.44. The molecule has 5 heteroatoms.